The monoisotopic (exact) mass is 521 g/mol. The maximum Gasteiger partial charge on any atom is 0.252 e. The highest BCUT2D eigenvalue weighted by Gasteiger charge is 2.31. The molecule has 0 radical (unpaired) electrons. The van der Waals surface area contributed by atoms with E-state index < -0.39 is 10.0 Å². The molecular weight excluding hydrogens is 498 g/mol. The summed E-state index contributed by atoms with van der Waals surface area (Å²) >= 11 is 4.60. The summed E-state index contributed by atoms with van der Waals surface area (Å²) in [6, 6.07) is 11.6. The molecule has 7 nitrogen and oxygen atoms in total. The van der Waals surface area contributed by atoms with Crippen molar-refractivity contribution in [1.29, 1.82) is 0 Å². The van der Waals surface area contributed by atoms with E-state index in [4.69, 9.17) is 9.97 Å². The molecule has 2 aromatic heterocycles. The van der Waals surface area contributed by atoms with Crippen LogP contribution in [-0.4, -0.2) is 62.0 Å². The van der Waals surface area contributed by atoms with Crippen molar-refractivity contribution >= 4 is 60.0 Å². The van der Waals surface area contributed by atoms with Crippen LogP contribution < -0.4 is 9.80 Å². The second-order valence-corrected chi connectivity index (χ2v) is 12.5. The minimum Gasteiger partial charge on any atom is -0.356 e. The van der Waals surface area contributed by atoms with E-state index in [2.05, 4.69) is 31.8 Å². The van der Waals surface area contributed by atoms with Crippen LogP contribution in [0.15, 0.2) is 44.4 Å². The first-order chi connectivity index (χ1) is 15.0. The zero-order valence-corrected chi connectivity index (χ0v) is 20.3. The van der Waals surface area contributed by atoms with Gasteiger partial charge in [-0.15, -0.1) is 11.3 Å². The number of thiophene rings is 1. The number of sulfonamides is 1. The maximum absolute atomic E-state index is 12.9. The second kappa shape index (κ2) is 8.65. The Morgan fingerprint density at radius 3 is 2.29 bits per heavy atom. The number of fused-ring (bicyclic) bond motifs is 1. The molecule has 0 bridgehead atoms. The smallest absolute Gasteiger partial charge is 0.252 e. The van der Waals surface area contributed by atoms with Crippen LogP contribution >= 0.6 is 27.3 Å². The maximum atomic E-state index is 12.9. The van der Waals surface area contributed by atoms with E-state index in [1.807, 2.05) is 18.2 Å². The van der Waals surface area contributed by atoms with Gasteiger partial charge in [0.25, 0.3) is 10.0 Å². The Morgan fingerprint density at radius 2 is 1.58 bits per heavy atom. The van der Waals surface area contributed by atoms with Gasteiger partial charge in [0, 0.05) is 44.7 Å². The molecule has 31 heavy (non-hydrogen) atoms. The molecule has 0 spiro atoms. The summed E-state index contributed by atoms with van der Waals surface area (Å²) in [5, 5.41) is 1.08. The highest BCUT2D eigenvalue weighted by atomic mass is 79.9. The Hall–Kier alpha value is -1.75. The number of piperazine rings is 1. The lowest BCUT2D eigenvalue weighted by Crippen LogP contribution is -2.49. The number of benzene rings is 1. The molecule has 0 saturated carbocycles. The molecule has 2 aliphatic rings. The molecule has 0 unspecified atom stereocenters. The van der Waals surface area contributed by atoms with Crippen molar-refractivity contribution in [2.45, 2.75) is 23.5 Å². The van der Waals surface area contributed by atoms with Crippen LogP contribution in [0, 0.1) is 0 Å². The summed E-state index contributed by atoms with van der Waals surface area (Å²) in [4.78, 5) is 14.3. The Kier molecular flexibility index (Phi) is 5.89. The van der Waals surface area contributed by atoms with Crippen LogP contribution in [0.2, 0.25) is 0 Å². The van der Waals surface area contributed by atoms with Crippen molar-refractivity contribution in [2.24, 2.45) is 0 Å². The Balaban J connectivity index is 1.39. The Labute approximate surface area is 194 Å². The third-order valence-electron chi connectivity index (χ3n) is 5.89. The number of rotatable bonds is 4. The number of hydrogen-bond donors (Lipinski definition) is 0. The second-order valence-electron chi connectivity index (χ2n) is 7.86. The molecule has 0 aliphatic carbocycles. The molecule has 0 amide bonds. The van der Waals surface area contributed by atoms with Gasteiger partial charge in [-0.25, -0.2) is 13.4 Å². The SMILES string of the molecule is O=S(=O)(c1ccc(Br)s1)N1CCN(c2nc(N3CCCCC3)c3ccccc3n2)CC1. The number of para-hydroxylation sites is 1. The normalized spacial score (nSPS) is 18.6. The van der Waals surface area contributed by atoms with Gasteiger partial charge >= 0.3 is 0 Å². The minimum absolute atomic E-state index is 0.377. The molecule has 0 N–H and O–H groups in total. The quantitative estimate of drug-likeness (QED) is 0.517. The van der Waals surface area contributed by atoms with Crippen LogP contribution in [0.1, 0.15) is 19.3 Å². The summed E-state index contributed by atoms with van der Waals surface area (Å²) in [7, 11) is -3.46. The lowest BCUT2D eigenvalue weighted by molar-refractivity contribution is 0.383. The van der Waals surface area contributed by atoms with Crippen LogP contribution in [0.3, 0.4) is 0 Å². The first-order valence-corrected chi connectivity index (χ1v) is 13.6. The number of halogens is 1. The predicted octanol–water partition coefficient (Wildman–Crippen LogP) is 3.96. The van der Waals surface area contributed by atoms with Gasteiger partial charge in [-0.3, -0.25) is 0 Å². The van der Waals surface area contributed by atoms with Gasteiger partial charge in [-0.2, -0.15) is 9.29 Å². The largest absolute Gasteiger partial charge is 0.356 e. The average molecular weight is 522 g/mol. The van der Waals surface area contributed by atoms with Crippen LogP contribution in [-0.2, 0) is 10.0 Å². The van der Waals surface area contributed by atoms with Crippen LogP contribution in [0.25, 0.3) is 10.9 Å². The minimum atomic E-state index is -3.46. The highest BCUT2D eigenvalue weighted by Crippen LogP contribution is 2.31. The lowest BCUT2D eigenvalue weighted by atomic mass is 10.1. The zero-order valence-electron chi connectivity index (χ0n) is 17.1. The van der Waals surface area contributed by atoms with Gasteiger partial charge in [0.05, 0.1) is 9.30 Å². The molecule has 5 rings (SSSR count). The van der Waals surface area contributed by atoms with Gasteiger partial charge in [-0.1, -0.05) is 12.1 Å². The van der Waals surface area contributed by atoms with Gasteiger partial charge in [-0.05, 0) is 59.5 Å². The summed E-state index contributed by atoms with van der Waals surface area (Å²) < 4.78 is 28.6. The summed E-state index contributed by atoms with van der Waals surface area (Å²) in [6.45, 7) is 4.03. The van der Waals surface area contributed by atoms with Crippen molar-refractivity contribution in [1.82, 2.24) is 14.3 Å². The highest BCUT2D eigenvalue weighted by molar-refractivity contribution is 9.11. The molecule has 164 valence electrons. The summed E-state index contributed by atoms with van der Waals surface area (Å²) in [6.07, 6.45) is 3.63. The van der Waals surface area contributed by atoms with E-state index in [-0.39, 0.29) is 0 Å². The molecule has 2 saturated heterocycles. The third kappa shape index (κ3) is 4.18. The Bertz CT molecular complexity index is 1190. The zero-order chi connectivity index (χ0) is 21.4. The van der Waals surface area contributed by atoms with Gasteiger partial charge in [0.1, 0.15) is 10.0 Å². The fraction of sp³-hybridized carbons (Fsp3) is 0.429. The fourth-order valence-electron chi connectivity index (χ4n) is 4.23. The fourth-order valence-corrected chi connectivity index (χ4v) is 7.81. The number of nitrogens with zero attached hydrogens (tertiary/aromatic N) is 5. The van der Waals surface area contributed by atoms with Gasteiger partial charge < -0.3 is 9.80 Å². The van der Waals surface area contributed by atoms with Crippen molar-refractivity contribution < 1.29 is 8.42 Å². The van der Waals surface area contributed by atoms with E-state index in [0.29, 0.717) is 36.3 Å². The van der Waals surface area contributed by atoms with Gasteiger partial charge in [0.15, 0.2) is 0 Å². The molecule has 1 aromatic carbocycles. The van der Waals surface area contributed by atoms with E-state index in [1.54, 1.807) is 16.4 Å². The van der Waals surface area contributed by atoms with Crippen molar-refractivity contribution in [3.63, 3.8) is 0 Å². The standard InChI is InChI=1S/C21H24BrN5O2S2/c22-18-8-9-19(30-18)31(28,29)27-14-12-26(13-15-27)21-23-17-7-3-2-6-16(17)20(24-21)25-10-4-1-5-11-25/h2-3,6-9H,1,4-5,10-15H2. The summed E-state index contributed by atoms with van der Waals surface area (Å²) in [5.74, 6) is 1.69. The van der Waals surface area contributed by atoms with Crippen molar-refractivity contribution in [3.8, 4) is 0 Å². The van der Waals surface area contributed by atoms with Crippen molar-refractivity contribution in [2.75, 3.05) is 49.1 Å². The molecule has 3 aromatic rings. The number of aromatic nitrogens is 2. The van der Waals surface area contributed by atoms with E-state index in [1.165, 1.54) is 30.6 Å². The predicted molar refractivity (Wildman–Crippen MR) is 129 cm³/mol. The molecule has 0 atom stereocenters. The molecular formula is C21H24BrN5O2S2. The molecule has 4 heterocycles. The topological polar surface area (TPSA) is 69.6 Å². The summed E-state index contributed by atoms with van der Waals surface area (Å²) in [5.41, 5.74) is 0.937. The van der Waals surface area contributed by atoms with E-state index >= 15 is 0 Å². The molecule has 2 aliphatic heterocycles. The average Bonchev–Trinajstić information content (AvgIpc) is 3.26. The lowest BCUT2D eigenvalue weighted by Gasteiger charge is -2.35. The van der Waals surface area contributed by atoms with Crippen LogP contribution in [0.4, 0.5) is 11.8 Å². The van der Waals surface area contributed by atoms with E-state index in [0.717, 1.165) is 33.6 Å². The number of hydrogen-bond acceptors (Lipinski definition) is 7. The molecule has 10 heteroatoms. The van der Waals surface area contributed by atoms with E-state index in [9.17, 15) is 8.42 Å². The first-order valence-electron chi connectivity index (χ1n) is 10.5. The van der Waals surface area contributed by atoms with Crippen molar-refractivity contribution in [3.05, 3.63) is 40.2 Å². The van der Waals surface area contributed by atoms with Crippen LogP contribution in [0.5, 0.6) is 0 Å². The first kappa shape index (κ1) is 21.1. The van der Waals surface area contributed by atoms with Gasteiger partial charge in [0.2, 0.25) is 5.95 Å². The third-order valence-corrected chi connectivity index (χ3v) is 9.88. The number of piperidine rings is 1. The molecule has 2 fully saturated rings. The Morgan fingerprint density at radius 1 is 0.839 bits per heavy atom. The number of anilines is 2.